The minimum Gasteiger partial charge on any atom is -0.490 e. The fourth-order valence-electron chi connectivity index (χ4n) is 2.96. The summed E-state index contributed by atoms with van der Waals surface area (Å²) in [4.78, 5) is 0. The summed E-state index contributed by atoms with van der Waals surface area (Å²) < 4.78 is 19.5. The maximum Gasteiger partial charge on any atom is 0.127 e. The Hall–Kier alpha value is -1.87. The van der Waals surface area contributed by atoms with Gasteiger partial charge in [0, 0.05) is 30.5 Å². The molecule has 1 aliphatic rings. The fourth-order valence-corrected chi connectivity index (χ4v) is 2.96. The van der Waals surface area contributed by atoms with Crippen LogP contribution in [0.2, 0.25) is 0 Å². The van der Waals surface area contributed by atoms with Crippen LogP contribution in [0.3, 0.4) is 0 Å². The van der Waals surface area contributed by atoms with Crippen molar-refractivity contribution in [1.82, 2.24) is 5.32 Å². The van der Waals surface area contributed by atoms with Crippen molar-refractivity contribution in [3.05, 3.63) is 65.5 Å². The van der Waals surface area contributed by atoms with E-state index in [1.54, 1.807) is 0 Å². The molecule has 0 amide bonds. The molecule has 0 bridgehead atoms. The highest BCUT2D eigenvalue weighted by Gasteiger charge is 2.28. The summed E-state index contributed by atoms with van der Waals surface area (Å²) in [6.07, 6.45) is 1.82. The topological polar surface area (TPSA) is 21.3 Å². The van der Waals surface area contributed by atoms with E-state index in [2.05, 4.69) is 24.4 Å². The number of rotatable bonds is 4. The molecule has 2 nitrogen and oxygen atoms in total. The quantitative estimate of drug-likeness (QED) is 0.920. The number of benzene rings is 2. The molecule has 3 rings (SSSR count). The molecule has 0 saturated heterocycles. The second-order valence-electron chi connectivity index (χ2n) is 5.46. The summed E-state index contributed by atoms with van der Waals surface area (Å²) in [5.74, 6) is 0.428. The molecule has 3 heteroatoms. The van der Waals surface area contributed by atoms with Gasteiger partial charge in [0.15, 0.2) is 0 Å². The molecule has 2 aromatic carbocycles. The number of hydrogen-bond donors (Lipinski definition) is 1. The highest BCUT2D eigenvalue weighted by atomic mass is 19.1. The normalized spacial score (nSPS) is 20.7. The van der Waals surface area contributed by atoms with Crippen LogP contribution in [0, 0.1) is 5.82 Å². The minimum atomic E-state index is -0.246. The van der Waals surface area contributed by atoms with Gasteiger partial charge in [-0.15, -0.1) is 0 Å². The number of halogens is 1. The first-order valence-electron chi connectivity index (χ1n) is 7.49. The van der Waals surface area contributed by atoms with Crippen LogP contribution in [0.15, 0.2) is 48.5 Å². The van der Waals surface area contributed by atoms with Crippen molar-refractivity contribution in [2.75, 3.05) is 6.54 Å². The van der Waals surface area contributed by atoms with E-state index < -0.39 is 0 Å². The molecule has 0 aliphatic carbocycles. The minimum absolute atomic E-state index is 0.0748. The van der Waals surface area contributed by atoms with Gasteiger partial charge in [0.2, 0.25) is 0 Å². The lowest BCUT2D eigenvalue weighted by Crippen LogP contribution is -2.34. The zero-order valence-electron chi connectivity index (χ0n) is 12.2. The Bertz CT molecular complexity index is 599. The van der Waals surface area contributed by atoms with Gasteiger partial charge in [-0.3, -0.25) is 0 Å². The van der Waals surface area contributed by atoms with Crippen LogP contribution in [0.25, 0.3) is 0 Å². The standard InChI is InChI=1S/C18H20FNO/c1-2-20-17-12-15(10-13-6-4-3-5-7-13)21-18-11-14(19)8-9-16(17)18/h3-9,11,15,17,20H,2,10,12H2,1H3. The Labute approximate surface area is 125 Å². The summed E-state index contributed by atoms with van der Waals surface area (Å²) >= 11 is 0. The van der Waals surface area contributed by atoms with Gasteiger partial charge < -0.3 is 10.1 Å². The fraction of sp³-hybridized carbons (Fsp3) is 0.333. The van der Waals surface area contributed by atoms with Gasteiger partial charge in [0.05, 0.1) is 0 Å². The molecule has 1 N–H and O–H groups in total. The van der Waals surface area contributed by atoms with E-state index >= 15 is 0 Å². The van der Waals surface area contributed by atoms with E-state index in [0.29, 0.717) is 5.75 Å². The van der Waals surface area contributed by atoms with Crippen LogP contribution in [0.1, 0.15) is 30.5 Å². The predicted octanol–water partition coefficient (Wildman–Crippen LogP) is 3.87. The molecule has 0 spiro atoms. The zero-order valence-corrected chi connectivity index (χ0v) is 12.2. The lowest BCUT2D eigenvalue weighted by atomic mass is 9.93. The first kappa shape index (κ1) is 14.1. The molecule has 1 aliphatic heterocycles. The predicted molar refractivity (Wildman–Crippen MR) is 82.0 cm³/mol. The highest BCUT2D eigenvalue weighted by molar-refractivity contribution is 5.39. The third-order valence-electron chi connectivity index (χ3n) is 3.90. The zero-order chi connectivity index (χ0) is 14.7. The van der Waals surface area contributed by atoms with Crippen molar-refractivity contribution in [2.45, 2.75) is 31.9 Å². The molecule has 2 aromatic rings. The largest absolute Gasteiger partial charge is 0.490 e. The molecule has 0 radical (unpaired) electrons. The third-order valence-corrected chi connectivity index (χ3v) is 3.90. The summed E-state index contributed by atoms with van der Waals surface area (Å²) in [5, 5.41) is 3.47. The average molecular weight is 285 g/mol. The van der Waals surface area contributed by atoms with Crippen molar-refractivity contribution >= 4 is 0 Å². The smallest absolute Gasteiger partial charge is 0.127 e. The molecule has 21 heavy (non-hydrogen) atoms. The van der Waals surface area contributed by atoms with E-state index in [1.165, 1.54) is 17.7 Å². The Morgan fingerprint density at radius 3 is 2.76 bits per heavy atom. The summed E-state index contributed by atoms with van der Waals surface area (Å²) in [5.41, 5.74) is 2.31. The van der Waals surface area contributed by atoms with Crippen molar-refractivity contribution in [1.29, 1.82) is 0 Å². The third kappa shape index (κ3) is 3.24. The average Bonchev–Trinajstić information content (AvgIpc) is 2.48. The van der Waals surface area contributed by atoms with E-state index in [0.717, 1.165) is 24.9 Å². The van der Waals surface area contributed by atoms with E-state index in [-0.39, 0.29) is 18.0 Å². The van der Waals surface area contributed by atoms with Crippen LogP contribution >= 0.6 is 0 Å². The van der Waals surface area contributed by atoms with Gasteiger partial charge in [-0.25, -0.2) is 4.39 Å². The summed E-state index contributed by atoms with van der Waals surface area (Å²) in [6.45, 7) is 2.98. The molecule has 2 unspecified atom stereocenters. The molecule has 0 saturated carbocycles. The Morgan fingerprint density at radius 1 is 1.19 bits per heavy atom. The molecule has 2 atom stereocenters. The number of ether oxygens (including phenoxy) is 1. The summed E-state index contributed by atoms with van der Waals surface area (Å²) in [7, 11) is 0. The van der Waals surface area contributed by atoms with E-state index in [4.69, 9.17) is 4.74 Å². The van der Waals surface area contributed by atoms with Crippen LogP contribution in [-0.4, -0.2) is 12.6 Å². The second kappa shape index (κ2) is 6.27. The molecular formula is C18H20FNO. The molecule has 1 heterocycles. The SMILES string of the molecule is CCNC1CC(Cc2ccccc2)Oc2cc(F)ccc21. The molecule has 0 aromatic heterocycles. The first-order chi connectivity index (χ1) is 10.3. The van der Waals surface area contributed by atoms with Crippen LogP contribution < -0.4 is 10.1 Å². The molecule has 110 valence electrons. The molecule has 0 fully saturated rings. The van der Waals surface area contributed by atoms with Crippen molar-refractivity contribution in [2.24, 2.45) is 0 Å². The van der Waals surface area contributed by atoms with E-state index in [9.17, 15) is 4.39 Å². The maximum absolute atomic E-state index is 13.5. The Morgan fingerprint density at radius 2 is 2.00 bits per heavy atom. The number of nitrogens with one attached hydrogen (secondary N) is 1. The lowest BCUT2D eigenvalue weighted by Gasteiger charge is -2.33. The van der Waals surface area contributed by atoms with Gasteiger partial charge in [0.25, 0.3) is 0 Å². The van der Waals surface area contributed by atoms with Gasteiger partial charge >= 0.3 is 0 Å². The van der Waals surface area contributed by atoms with Crippen molar-refractivity contribution in [3.8, 4) is 5.75 Å². The van der Waals surface area contributed by atoms with Gasteiger partial charge in [-0.2, -0.15) is 0 Å². The van der Waals surface area contributed by atoms with Crippen LogP contribution in [-0.2, 0) is 6.42 Å². The Balaban J connectivity index is 1.82. The maximum atomic E-state index is 13.5. The van der Waals surface area contributed by atoms with Crippen molar-refractivity contribution < 1.29 is 9.13 Å². The molecular weight excluding hydrogens is 265 g/mol. The van der Waals surface area contributed by atoms with Gasteiger partial charge in [-0.1, -0.05) is 43.3 Å². The van der Waals surface area contributed by atoms with E-state index in [1.807, 2.05) is 24.3 Å². The van der Waals surface area contributed by atoms with Crippen molar-refractivity contribution in [3.63, 3.8) is 0 Å². The highest BCUT2D eigenvalue weighted by Crippen LogP contribution is 2.36. The summed E-state index contributed by atoms with van der Waals surface area (Å²) in [6, 6.07) is 15.4. The van der Waals surface area contributed by atoms with Gasteiger partial charge in [0.1, 0.15) is 17.7 Å². The second-order valence-corrected chi connectivity index (χ2v) is 5.46. The lowest BCUT2D eigenvalue weighted by molar-refractivity contribution is 0.149. The first-order valence-corrected chi connectivity index (χ1v) is 7.49. The van der Waals surface area contributed by atoms with Gasteiger partial charge in [-0.05, 0) is 18.2 Å². The van der Waals surface area contributed by atoms with Crippen LogP contribution in [0.4, 0.5) is 4.39 Å². The van der Waals surface area contributed by atoms with Crippen LogP contribution in [0.5, 0.6) is 5.75 Å². The monoisotopic (exact) mass is 285 g/mol. The number of hydrogen-bond acceptors (Lipinski definition) is 2. The Kier molecular flexibility index (Phi) is 4.20. The number of fused-ring (bicyclic) bond motifs is 1.